The van der Waals surface area contributed by atoms with Crippen LogP contribution in [0.2, 0.25) is 5.02 Å². The van der Waals surface area contributed by atoms with Gasteiger partial charge in [-0.15, -0.1) is 0 Å². The van der Waals surface area contributed by atoms with Crippen molar-refractivity contribution in [3.63, 3.8) is 0 Å². The number of benzene rings is 2. The van der Waals surface area contributed by atoms with Crippen molar-refractivity contribution in [2.45, 2.75) is 33.6 Å². The standard InChI is InChI=1S/C22H23ClN2/c1-15(2)21-10-5-6-11-22(21)24-14-18-12-16(3)25(17(18)4)20-9-7-8-19(23)13-20/h5-15H,1-4H3. The fourth-order valence-electron chi connectivity index (χ4n) is 3.16. The predicted octanol–water partition coefficient (Wildman–Crippen LogP) is 6.62. The molecule has 0 saturated heterocycles. The molecule has 0 radical (unpaired) electrons. The van der Waals surface area contributed by atoms with E-state index in [2.05, 4.69) is 62.6 Å². The van der Waals surface area contributed by atoms with Gasteiger partial charge in [0.15, 0.2) is 0 Å². The van der Waals surface area contributed by atoms with Gasteiger partial charge >= 0.3 is 0 Å². The van der Waals surface area contributed by atoms with Crippen LogP contribution in [0.3, 0.4) is 0 Å². The molecular weight excluding hydrogens is 328 g/mol. The van der Waals surface area contributed by atoms with Gasteiger partial charge in [0, 0.05) is 33.9 Å². The summed E-state index contributed by atoms with van der Waals surface area (Å²) >= 11 is 6.15. The van der Waals surface area contributed by atoms with E-state index in [0.717, 1.165) is 27.7 Å². The lowest BCUT2D eigenvalue weighted by Gasteiger charge is -2.10. The minimum atomic E-state index is 0.451. The molecule has 0 aliphatic carbocycles. The van der Waals surface area contributed by atoms with Gasteiger partial charge in [-0.25, -0.2) is 0 Å². The van der Waals surface area contributed by atoms with E-state index >= 15 is 0 Å². The topological polar surface area (TPSA) is 17.3 Å². The Labute approximate surface area is 154 Å². The Morgan fingerprint density at radius 1 is 1.00 bits per heavy atom. The Kier molecular flexibility index (Phi) is 5.10. The highest BCUT2D eigenvalue weighted by molar-refractivity contribution is 6.30. The van der Waals surface area contributed by atoms with Gasteiger partial charge in [0.1, 0.15) is 0 Å². The molecule has 128 valence electrons. The van der Waals surface area contributed by atoms with Gasteiger partial charge in [0.2, 0.25) is 0 Å². The van der Waals surface area contributed by atoms with E-state index in [9.17, 15) is 0 Å². The van der Waals surface area contributed by atoms with Crippen LogP contribution in [0.4, 0.5) is 5.69 Å². The average Bonchev–Trinajstić information content (AvgIpc) is 2.87. The zero-order valence-corrected chi connectivity index (χ0v) is 15.9. The molecule has 0 spiro atoms. The molecule has 0 aliphatic rings. The van der Waals surface area contributed by atoms with E-state index < -0.39 is 0 Å². The molecule has 3 heteroatoms. The smallest absolute Gasteiger partial charge is 0.0664 e. The van der Waals surface area contributed by atoms with Crippen LogP contribution >= 0.6 is 11.6 Å². The molecule has 0 aliphatic heterocycles. The number of rotatable bonds is 4. The number of hydrogen-bond donors (Lipinski definition) is 0. The minimum absolute atomic E-state index is 0.451. The third-order valence-electron chi connectivity index (χ3n) is 4.44. The van der Waals surface area contributed by atoms with E-state index in [1.54, 1.807) is 0 Å². The number of hydrogen-bond acceptors (Lipinski definition) is 1. The van der Waals surface area contributed by atoms with Crippen LogP contribution in [-0.4, -0.2) is 10.8 Å². The Balaban J connectivity index is 1.99. The lowest BCUT2D eigenvalue weighted by atomic mass is 10.0. The predicted molar refractivity (Wildman–Crippen MR) is 108 cm³/mol. The molecule has 1 heterocycles. The minimum Gasteiger partial charge on any atom is -0.318 e. The Morgan fingerprint density at radius 3 is 2.48 bits per heavy atom. The van der Waals surface area contributed by atoms with Crippen molar-refractivity contribution in [3.8, 4) is 5.69 Å². The first-order chi connectivity index (χ1) is 12.0. The molecule has 2 nitrogen and oxygen atoms in total. The van der Waals surface area contributed by atoms with Crippen molar-refractivity contribution in [2.24, 2.45) is 4.99 Å². The van der Waals surface area contributed by atoms with Crippen LogP contribution in [0.25, 0.3) is 5.69 Å². The molecule has 0 N–H and O–H groups in total. The highest BCUT2D eigenvalue weighted by Crippen LogP contribution is 2.27. The zero-order valence-electron chi connectivity index (χ0n) is 15.1. The van der Waals surface area contributed by atoms with Crippen LogP contribution in [0.1, 0.15) is 42.3 Å². The Morgan fingerprint density at radius 2 is 1.76 bits per heavy atom. The second-order valence-electron chi connectivity index (χ2n) is 6.61. The van der Waals surface area contributed by atoms with Crippen LogP contribution in [-0.2, 0) is 0 Å². The number of halogens is 1. The van der Waals surface area contributed by atoms with E-state index in [1.807, 2.05) is 30.5 Å². The Hall–Kier alpha value is -2.32. The van der Waals surface area contributed by atoms with Crippen LogP contribution in [0, 0.1) is 13.8 Å². The van der Waals surface area contributed by atoms with Crippen LogP contribution in [0.15, 0.2) is 59.6 Å². The maximum absolute atomic E-state index is 6.15. The second-order valence-corrected chi connectivity index (χ2v) is 7.05. The fourth-order valence-corrected chi connectivity index (χ4v) is 3.35. The number of aryl methyl sites for hydroxylation is 1. The third-order valence-corrected chi connectivity index (χ3v) is 4.67. The third kappa shape index (κ3) is 3.69. The monoisotopic (exact) mass is 350 g/mol. The van der Waals surface area contributed by atoms with Crippen LogP contribution in [0.5, 0.6) is 0 Å². The molecule has 3 aromatic rings. The summed E-state index contributed by atoms with van der Waals surface area (Å²) in [6.07, 6.45) is 1.96. The van der Waals surface area contributed by atoms with Gasteiger partial charge in [-0.3, -0.25) is 4.99 Å². The van der Waals surface area contributed by atoms with Gasteiger partial charge < -0.3 is 4.57 Å². The number of aliphatic imine (C=N–C) groups is 1. The summed E-state index contributed by atoms with van der Waals surface area (Å²) in [6.45, 7) is 8.61. The number of para-hydroxylation sites is 1. The van der Waals surface area contributed by atoms with E-state index in [4.69, 9.17) is 16.6 Å². The van der Waals surface area contributed by atoms with Crippen molar-refractivity contribution in [1.29, 1.82) is 0 Å². The zero-order chi connectivity index (χ0) is 18.0. The van der Waals surface area contributed by atoms with E-state index in [0.29, 0.717) is 5.92 Å². The van der Waals surface area contributed by atoms with E-state index in [-0.39, 0.29) is 0 Å². The lowest BCUT2D eigenvalue weighted by molar-refractivity contribution is 0.867. The van der Waals surface area contributed by atoms with Crippen molar-refractivity contribution in [2.75, 3.05) is 0 Å². The van der Waals surface area contributed by atoms with Gasteiger partial charge in [0.05, 0.1) is 5.69 Å². The maximum Gasteiger partial charge on any atom is 0.0664 e. The van der Waals surface area contributed by atoms with Crippen molar-refractivity contribution >= 4 is 23.5 Å². The summed E-state index contributed by atoms with van der Waals surface area (Å²) in [6, 6.07) is 18.4. The average molecular weight is 351 g/mol. The summed E-state index contributed by atoms with van der Waals surface area (Å²) in [5.41, 5.74) is 6.82. The molecule has 0 amide bonds. The fraction of sp³-hybridized carbons (Fsp3) is 0.227. The molecular formula is C22H23ClN2. The Bertz CT molecular complexity index is 920. The first kappa shape index (κ1) is 17.5. The first-order valence-corrected chi connectivity index (χ1v) is 8.93. The summed E-state index contributed by atoms with van der Waals surface area (Å²) in [7, 11) is 0. The molecule has 1 aromatic heterocycles. The largest absolute Gasteiger partial charge is 0.318 e. The molecule has 0 fully saturated rings. The van der Waals surface area contributed by atoms with E-state index in [1.165, 1.54) is 11.3 Å². The summed E-state index contributed by atoms with van der Waals surface area (Å²) in [5, 5.41) is 0.742. The molecule has 0 atom stereocenters. The highest BCUT2D eigenvalue weighted by Gasteiger charge is 2.10. The van der Waals surface area contributed by atoms with Crippen LogP contribution < -0.4 is 0 Å². The summed E-state index contributed by atoms with van der Waals surface area (Å²) in [4.78, 5) is 4.76. The van der Waals surface area contributed by atoms with Crippen molar-refractivity contribution < 1.29 is 0 Å². The first-order valence-electron chi connectivity index (χ1n) is 8.55. The molecule has 0 bridgehead atoms. The van der Waals surface area contributed by atoms with Gasteiger partial charge in [-0.2, -0.15) is 0 Å². The second kappa shape index (κ2) is 7.28. The molecule has 2 aromatic carbocycles. The molecule has 25 heavy (non-hydrogen) atoms. The summed E-state index contributed by atoms with van der Waals surface area (Å²) < 4.78 is 2.21. The molecule has 3 rings (SSSR count). The van der Waals surface area contributed by atoms with Crippen molar-refractivity contribution in [3.05, 3.63) is 82.1 Å². The number of aromatic nitrogens is 1. The highest BCUT2D eigenvalue weighted by atomic mass is 35.5. The lowest BCUT2D eigenvalue weighted by Crippen LogP contribution is -1.99. The molecule has 0 unspecified atom stereocenters. The van der Waals surface area contributed by atoms with Gasteiger partial charge in [-0.05, 0) is 55.7 Å². The molecule has 0 saturated carbocycles. The maximum atomic E-state index is 6.15. The number of nitrogens with zero attached hydrogens (tertiary/aromatic N) is 2. The SMILES string of the molecule is Cc1cc(C=Nc2ccccc2C(C)C)c(C)n1-c1cccc(Cl)c1. The van der Waals surface area contributed by atoms with Gasteiger partial charge in [0.25, 0.3) is 0 Å². The van der Waals surface area contributed by atoms with Gasteiger partial charge in [-0.1, -0.05) is 49.7 Å². The quantitative estimate of drug-likeness (QED) is 0.470. The van der Waals surface area contributed by atoms with Crippen molar-refractivity contribution in [1.82, 2.24) is 4.57 Å². The normalized spacial score (nSPS) is 11.6. The summed E-state index contributed by atoms with van der Waals surface area (Å²) in [5.74, 6) is 0.451.